The normalized spacial score (nSPS) is 17.1. The Bertz CT molecular complexity index is 1280. The number of ether oxygens (including phenoxy) is 1. The first-order chi connectivity index (χ1) is 16.8. The molecule has 35 heavy (non-hydrogen) atoms. The molecule has 3 aromatic rings. The van der Waals surface area contributed by atoms with Crippen LogP contribution in [0.4, 0.5) is 11.4 Å². The SMILES string of the molecule is CC(=O)Nc1cccc(N2C(=O)C(=O)/C(=C(\O)c3ccc(OCC(C)C)cc3)C2c2ccco2)c1. The number of amides is 2. The average molecular weight is 475 g/mol. The summed E-state index contributed by atoms with van der Waals surface area (Å²) in [6, 6.07) is 15.5. The highest BCUT2D eigenvalue weighted by atomic mass is 16.5. The van der Waals surface area contributed by atoms with Crippen molar-refractivity contribution < 1.29 is 28.6 Å². The minimum atomic E-state index is -0.991. The van der Waals surface area contributed by atoms with Crippen LogP contribution in [0.25, 0.3) is 5.76 Å². The average Bonchev–Trinajstić information content (AvgIpc) is 3.44. The van der Waals surface area contributed by atoms with Crippen molar-refractivity contribution in [1.82, 2.24) is 0 Å². The first kappa shape index (κ1) is 23.8. The molecule has 1 fully saturated rings. The van der Waals surface area contributed by atoms with Gasteiger partial charge in [0.1, 0.15) is 23.3 Å². The number of anilines is 2. The molecule has 0 saturated carbocycles. The van der Waals surface area contributed by atoms with Gasteiger partial charge in [0, 0.05) is 23.9 Å². The topological polar surface area (TPSA) is 109 Å². The van der Waals surface area contributed by atoms with Gasteiger partial charge in [-0.15, -0.1) is 0 Å². The van der Waals surface area contributed by atoms with Crippen LogP contribution in [0.15, 0.2) is 76.9 Å². The predicted octanol–water partition coefficient (Wildman–Crippen LogP) is 4.90. The van der Waals surface area contributed by atoms with Gasteiger partial charge in [-0.2, -0.15) is 0 Å². The fourth-order valence-electron chi connectivity index (χ4n) is 3.88. The Balaban J connectivity index is 1.77. The van der Waals surface area contributed by atoms with Gasteiger partial charge in [0.2, 0.25) is 5.91 Å². The Kier molecular flexibility index (Phi) is 6.73. The molecule has 1 saturated heterocycles. The summed E-state index contributed by atoms with van der Waals surface area (Å²) in [6.45, 7) is 6.01. The van der Waals surface area contributed by atoms with Crippen molar-refractivity contribution in [2.75, 3.05) is 16.8 Å². The summed E-state index contributed by atoms with van der Waals surface area (Å²) in [7, 11) is 0. The Morgan fingerprint density at radius 1 is 1.11 bits per heavy atom. The molecular weight excluding hydrogens is 448 g/mol. The Morgan fingerprint density at radius 3 is 2.49 bits per heavy atom. The minimum Gasteiger partial charge on any atom is -0.507 e. The molecule has 1 aromatic heterocycles. The molecular formula is C27H26N2O6. The maximum Gasteiger partial charge on any atom is 0.300 e. The van der Waals surface area contributed by atoms with Gasteiger partial charge in [-0.05, 0) is 60.5 Å². The third-order valence-corrected chi connectivity index (χ3v) is 5.41. The van der Waals surface area contributed by atoms with Crippen LogP contribution in [0.5, 0.6) is 5.75 Å². The molecule has 0 radical (unpaired) electrons. The fraction of sp³-hybridized carbons (Fsp3) is 0.222. The van der Waals surface area contributed by atoms with Crippen LogP contribution in [0.1, 0.15) is 38.1 Å². The van der Waals surface area contributed by atoms with Gasteiger partial charge in [0.05, 0.1) is 18.4 Å². The molecule has 8 nitrogen and oxygen atoms in total. The number of ketones is 1. The monoisotopic (exact) mass is 474 g/mol. The number of rotatable bonds is 7. The van der Waals surface area contributed by atoms with E-state index >= 15 is 0 Å². The molecule has 0 spiro atoms. The lowest BCUT2D eigenvalue weighted by Crippen LogP contribution is -2.29. The van der Waals surface area contributed by atoms with E-state index in [1.165, 1.54) is 18.1 Å². The van der Waals surface area contributed by atoms with Crippen LogP contribution in [-0.2, 0) is 14.4 Å². The number of benzene rings is 2. The molecule has 1 unspecified atom stereocenters. The van der Waals surface area contributed by atoms with Gasteiger partial charge < -0.3 is 19.6 Å². The summed E-state index contributed by atoms with van der Waals surface area (Å²) in [5.41, 5.74) is 1.11. The van der Waals surface area contributed by atoms with Gasteiger partial charge in [-0.1, -0.05) is 19.9 Å². The Labute approximate surface area is 202 Å². The number of hydrogen-bond acceptors (Lipinski definition) is 6. The van der Waals surface area contributed by atoms with Crippen molar-refractivity contribution in [2.45, 2.75) is 26.8 Å². The second-order valence-electron chi connectivity index (χ2n) is 8.65. The number of Topliss-reactive ketones (excluding diaryl/α,β-unsaturated/α-hetero) is 1. The van der Waals surface area contributed by atoms with E-state index < -0.39 is 17.7 Å². The maximum atomic E-state index is 13.2. The minimum absolute atomic E-state index is 0.0919. The molecule has 8 heteroatoms. The quantitative estimate of drug-likeness (QED) is 0.286. The molecule has 2 aromatic carbocycles. The molecule has 1 aliphatic heterocycles. The number of aliphatic hydroxyl groups excluding tert-OH is 1. The van der Waals surface area contributed by atoms with Crippen molar-refractivity contribution in [2.24, 2.45) is 5.92 Å². The molecule has 2 heterocycles. The van der Waals surface area contributed by atoms with E-state index in [1.807, 2.05) is 13.8 Å². The number of nitrogens with one attached hydrogen (secondary N) is 1. The third kappa shape index (κ3) is 4.96. The van der Waals surface area contributed by atoms with Crippen LogP contribution in [0.3, 0.4) is 0 Å². The zero-order valence-corrected chi connectivity index (χ0v) is 19.6. The lowest BCUT2D eigenvalue weighted by molar-refractivity contribution is -0.132. The summed E-state index contributed by atoms with van der Waals surface area (Å²) in [5.74, 6) is -0.941. The van der Waals surface area contributed by atoms with Crippen molar-refractivity contribution >= 4 is 34.7 Å². The number of hydrogen-bond donors (Lipinski definition) is 2. The summed E-state index contributed by atoms with van der Waals surface area (Å²) < 4.78 is 11.3. The number of nitrogens with zero attached hydrogens (tertiary/aromatic N) is 1. The van der Waals surface area contributed by atoms with E-state index in [9.17, 15) is 19.5 Å². The number of carbonyl (C=O) groups is 3. The van der Waals surface area contributed by atoms with E-state index in [2.05, 4.69) is 5.32 Å². The molecule has 1 atom stereocenters. The predicted molar refractivity (Wildman–Crippen MR) is 131 cm³/mol. The van der Waals surface area contributed by atoms with Gasteiger partial charge in [-0.3, -0.25) is 19.3 Å². The van der Waals surface area contributed by atoms with Crippen LogP contribution in [-0.4, -0.2) is 29.3 Å². The summed E-state index contributed by atoms with van der Waals surface area (Å²) in [4.78, 5) is 39.1. The first-order valence-corrected chi connectivity index (χ1v) is 11.2. The lowest BCUT2D eigenvalue weighted by Gasteiger charge is -2.24. The van der Waals surface area contributed by atoms with Gasteiger partial charge in [0.25, 0.3) is 11.7 Å². The highest BCUT2D eigenvalue weighted by molar-refractivity contribution is 6.51. The van der Waals surface area contributed by atoms with Crippen LogP contribution in [0.2, 0.25) is 0 Å². The van der Waals surface area contributed by atoms with Crippen molar-refractivity contribution in [3.63, 3.8) is 0 Å². The van der Waals surface area contributed by atoms with E-state index in [0.717, 1.165) is 0 Å². The Hall–Kier alpha value is -4.33. The van der Waals surface area contributed by atoms with E-state index in [4.69, 9.17) is 9.15 Å². The molecule has 0 bridgehead atoms. The molecule has 2 N–H and O–H groups in total. The van der Waals surface area contributed by atoms with Gasteiger partial charge in [-0.25, -0.2) is 0 Å². The van der Waals surface area contributed by atoms with Crippen LogP contribution in [0, 0.1) is 5.92 Å². The van der Waals surface area contributed by atoms with Gasteiger partial charge >= 0.3 is 0 Å². The maximum absolute atomic E-state index is 13.2. The highest BCUT2D eigenvalue weighted by Crippen LogP contribution is 2.42. The van der Waals surface area contributed by atoms with E-state index in [1.54, 1.807) is 60.7 Å². The molecule has 2 amide bonds. The number of furan rings is 1. The van der Waals surface area contributed by atoms with Gasteiger partial charge in [0.15, 0.2) is 0 Å². The number of carbonyl (C=O) groups excluding carboxylic acids is 3. The second kappa shape index (κ2) is 9.89. The third-order valence-electron chi connectivity index (χ3n) is 5.41. The molecule has 0 aliphatic carbocycles. The molecule has 180 valence electrons. The van der Waals surface area contributed by atoms with E-state index in [-0.39, 0.29) is 17.2 Å². The standard InChI is InChI=1S/C27H26N2O6/c1-16(2)15-35-21-11-9-18(10-12-21)25(31)23-24(22-8-5-13-34-22)29(27(33)26(23)32)20-7-4-6-19(14-20)28-17(3)30/h4-14,16,24,31H,15H2,1-3H3,(H,28,30)/b25-23-. The zero-order chi connectivity index (χ0) is 25.1. The van der Waals surface area contributed by atoms with E-state index in [0.29, 0.717) is 41.0 Å². The first-order valence-electron chi connectivity index (χ1n) is 11.2. The summed E-state index contributed by atoms with van der Waals surface area (Å²) >= 11 is 0. The molecule has 1 aliphatic rings. The highest BCUT2D eigenvalue weighted by Gasteiger charge is 2.48. The van der Waals surface area contributed by atoms with Crippen molar-refractivity contribution in [3.8, 4) is 5.75 Å². The summed E-state index contributed by atoms with van der Waals surface area (Å²) in [5, 5.41) is 13.8. The zero-order valence-electron chi connectivity index (χ0n) is 19.6. The number of aliphatic hydroxyl groups is 1. The van der Waals surface area contributed by atoms with Crippen LogP contribution >= 0.6 is 0 Å². The second-order valence-corrected chi connectivity index (χ2v) is 8.65. The molecule has 4 rings (SSSR count). The lowest BCUT2D eigenvalue weighted by atomic mass is 9.99. The van der Waals surface area contributed by atoms with Crippen molar-refractivity contribution in [1.29, 1.82) is 0 Å². The largest absolute Gasteiger partial charge is 0.507 e. The summed E-state index contributed by atoms with van der Waals surface area (Å²) in [6.07, 6.45) is 1.43. The van der Waals surface area contributed by atoms with Crippen LogP contribution < -0.4 is 15.0 Å². The fourth-order valence-corrected chi connectivity index (χ4v) is 3.88. The Morgan fingerprint density at radius 2 is 1.86 bits per heavy atom. The smallest absolute Gasteiger partial charge is 0.300 e. The van der Waals surface area contributed by atoms with Crippen molar-refractivity contribution in [3.05, 3.63) is 83.8 Å².